The van der Waals surface area contributed by atoms with Gasteiger partial charge in [0.25, 0.3) is 0 Å². The lowest BCUT2D eigenvalue weighted by molar-refractivity contribution is 0.176. The first-order chi connectivity index (χ1) is 8.52. The van der Waals surface area contributed by atoms with Gasteiger partial charge in [-0.2, -0.15) is 5.10 Å². The molecular formula is C12H14ClIN2OS. The Morgan fingerprint density at radius 3 is 2.83 bits per heavy atom. The van der Waals surface area contributed by atoms with Crippen molar-refractivity contribution in [2.45, 2.75) is 25.9 Å². The summed E-state index contributed by atoms with van der Waals surface area (Å²) in [4.78, 5) is 0. The molecule has 6 heteroatoms. The van der Waals surface area contributed by atoms with E-state index < -0.39 is 6.10 Å². The van der Waals surface area contributed by atoms with Crippen molar-refractivity contribution in [3.63, 3.8) is 0 Å². The topological polar surface area (TPSA) is 38.0 Å². The second-order valence-electron chi connectivity index (χ2n) is 4.09. The van der Waals surface area contributed by atoms with Gasteiger partial charge >= 0.3 is 0 Å². The van der Waals surface area contributed by atoms with Gasteiger partial charge in [-0.1, -0.05) is 18.5 Å². The smallest absolute Gasteiger partial charge is 0.0854 e. The highest BCUT2D eigenvalue weighted by atomic mass is 127. The Morgan fingerprint density at radius 2 is 2.33 bits per heavy atom. The number of thiophene rings is 1. The molecule has 0 aromatic carbocycles. The number of aliphatic hydroxyl groups excluding tert-OH is 1. The van der Waals surface area contributed by atoms with Crippen LogP contribution in [0.4, 0.5) is 0 Å². The Labute approximate surface area is 129 Å². The summed E-state index contributed by atoms with van der Waals surface area (Å²) < 4.78 is 2.94. The van der Waals surface area contributed by atoms with E-state index in [0.717, 1.165) is 23.4 Å². The number of aromatic nitrogens is 2. The molecule has 0 bridgehead atoms. The van der Waals surface area contributed by atoms with E-state index in [2.05, 4.69) is 27.7 Å². The van der Waals surface area contributed by atoms with Gasteiger partial charge in [-0.3, -0.25) is 4.68 Å². The van der Waals surface area contributed by atoms with Crippen molar-refractivity contribution < 1.29 is 5.11 Å². The number of rotatable bonds is 4. The van der Waals surface area contributed by atoms with Crippen molar-refractivity contribution in [3.8, 4) is 0 Å². The Hall–Kier alpha value is -0.110. The average Bonchev–Trinajstić information content (AvgIpc) is 2.87. The van der Waals surface area contributed by atoms with Gasteiger partial charge in [0.2, 0.25) is 0 Å². The number of aliphatic hydroxyl groups is 1. The van der Waals surface area contributed by atoms with Crippen LogP contribution < -0.4 is 0 Å². The molecule has 0 saturated carbocycles. The molecular weight excluding hydrogens is 383 g/mol. The maximum absolute atomic E-state index is 10.2. The predicted octanol–water partition coefficient (Wildman–Crippen LogP) is 3.58. The molecule has 0 radical (unpaired) electrons. The van der Waals surface area contributed by atoms with Crippen molar-refractivity contribution in [3.05, 3.63) is 36.3 Å². The second kappa shape index (κ2) is 5.90. The summed E-state index contributed by atoms with van der Waals surface area (Å²) in [5, 5.41) is 17.2. The van der Waals surface area contributed by atoms with Crippen LogP contribution in [0.3, 0.4) is 0 Å². The highest BCUT2D eigenvalue weighted by molar-refractivity contribution is 14.1. The first kappa shape index (κ1) is 14.3. The second-order valence-corrected chi connectivity index (χ2v) is 7.27. The van der Waals surface area contributed by atoms with Crippen LogP contribution in [0.2, 0.25) is 5.02 Å². The van der Waals surface area contributed by atoms with Crippen LogP contribution in [0, 0.1) is 2.88 Å². The maximum atomic E-state index is 10.2. The zero-order valence-electron chi connectivity index (χ0n) is 10.2. The third kappa shape index (κ3) is 2.89. The largest absolute Gasteiger partial charge is 0.388 e. The molecule has 18 heavy (non-hydrogen) atoms. The third-order valence-corrected chi connectivity index (χ3v) is 5.11. The molecule has 2 rings (SSSR count). The Morgan fingerprint density at radius 1 is 1.61 bits per heavy atom. The van der Waals surface area contributed by atoms with Crippen LogP contribution in [0.15, 0.2) is 11.4 Å². The Balaban J connectivity index is 2.21. The molecule has 0 aliphatic heterocycles. The van der Waals surface area contributed by atoms with Crippen molar-refractivity contribution in [2.75, 3.05) is 0 Å². The first-order valence-corrected chi connectivity index (χ1v) is 7.98. The summed E-state index contributed by atoms with van der Waals surface area (Å²) >= 11 is 10.2. The van der Waals surface area contributed by atoms with Gasteiger partial charge in [0.05, 0.1) is 25.4 Å². The molecule has 1 N–H and O–H groups in total. The van der Waals surface area contributed by atoms with Crippen LogP contribution in [-0.2, 0) is 19.9 Å². The molecule has 0 fully saturated rings. The zero-order chi connectivity index (χ0) is 13.3. The molecule has 1 atom stereocenters. The quantitative estimate of drug-likeness (QED) is 0.802. The Bertz CT molecular complexity index is 552. The SMILES string of the molecule is CCc1nn(C)c(CC(O)c2csc(I)c2)c1Cl. The minimum atomic E-state index is -0.526. The maximum Gasteiger partial charge on any atom is 0.0854 e. The normalized spacial score (nSPS) is 12.9. The number of nitrogens with zero attached hydrogens (tertiary/aromatic N) is 2. The highest BCUT2D eigenvalue weighted by Crippen LogP contribution is 2.28. The highest BCUT2D eigenvalue weighted by Gasteiger charge is 2.18. The first-order valence-electron chi connectivity index (χ1n) is 5.65. The van der Waals surface area contributed by atoms with E-state index in [1.165, 1.54) is 2.88 Å². The van der Waals surface area contributed by atoms with Crippen molar-refractivity contribution in [2.24, 2.45) is 7.05 Å². The van der Waals surface area contributed by atoms with E-state index in [4.69, 9.17) is 11.6 Å². The molecule has 1 unspecified atom stereocenters. The molecule has 0 saturated heterocycles. The van der Waals surface area contributed by atoms with Gasteiger partial charge in [0, 0.05) is 13.5 Å². The minimum absolute atomic E-state index is 0.495. The lowest BCUT2D eigenvalue weighted by atomic mass is 10.1. The predicted molar refractivity (Wildman–Crippen MR) is 83.3 cm³/mol. The number of halogens is 2. The van der Waals surface area contributed by atoms with Crippen molar-refractivity contribution in [1.29, 1.82) is 0 Å². The summed E-state index contributed by atoms with van der Waals surface area (Å²) in [6.07, 6.45) is 0.774. The van der Waals surface area contributed by atoms with E-state index >= 15 is 0 Å². The Kier molecular flexibility index (Phi) is 4.69. The fourth-order valence-corrected chi connectivity index (χ4v) is 3.63. The molecule has 0 amide bonds. The van der Waals surface area contributed by atoms with Gasteiger partial charge in [0.1, 0.15) is 0 Å². The van der Waals surface area contributed by atoms with E-state index in [0.29, 0.717) is 11.4 Å². The molecule has 98 valence electrons. The lowest BCUT2D eigenvalue weighted by Crippen LogP contribution is -2.06. The van der Waals surface area contributed by atoms with Crippen LogP contribution in [0.1, 0.15) is 30.0 Å². The van der Waals surface area contributed by atoms with Crippen LogP contribution >= 0.6 is 45.5 Å². The lowest BCUT2D eigenvalue weighted by Gasteiger charge is -2.09. The van der Waals surface area contributed by atoms with Gasteiger partial charge in [-0.05, 0) is 46.0 Å². The number of hydrogen-bond acceptors (Lipinski definition) is 3. The standard InChI is InChI=1S/C12H14ClIN2OS/c1-3-8-12(13)9(16(2)15-8)5-10(17)7-4-11(14)18-6-7/h4,6,10,17H,3,5H2,1-2H3. The van der Waals surface area contributed by atoms with Crippen molar-refractivity contribution in [1.82, 2.24) is 9.78 Å². The molecule has 2 aromatic heterocycles. The van der Waals surface area contributed by atoms with Crippen LogP contribution in [0.5, 0.6) is 0 Å². The molecule has 0 aliphatic rings. The van der Waals surface area contributed by atoms with E-state index in [-0.39, 0.29) is 0 Å². The van der Waals surface area contributed by atoms with E-state index in [1.54, 1.807) is 16.0 Å². The van der Waals surface area contributed by atoms with Gasteiger partial charge in [-0.25, -0.2) is 0 Å². The fraction of sp³-hybridized carbons (Fsp3) is 0.417. The number of aryl methyl sites for hydroxylation is 2. The van der Waals surface area contributed by atoms with Crippen molar-refractivity contribution >= 4 is 45.5 Å². The summed E-state index contributed by atoms with van der Waals surface area (Å²) in [6.45, 7) is 2.02. The average molecular weight is 397 g/mol. The van der Waals surface area contributed by atoms with Gasteiger partial charge in [0.15, 0.2) is 0 Å². The van der Waals surface area contributed by atoms with E-state index in [9.17, 15) is 5.11 Å². The van der Waals surface area contributed by atoms with Crippen LogP contribution in [-0.4, -0.2) is 14.9 Å². The summed E-state index contributed by atoms with van der Waals surface area (Å²) in [6, 6.07) is 2.00. The monoisotopic (exact) mass is 396 g/mol. The summed E-state index contributed by atoms with van der Waals surface area (Å²) in [5.41, 5.74) is 2.73. The number of hydrogen-bond donors (Lipinski definition) is 1. The molecule has 0 spiro atoms. The molecule has 2 heterocycles. The zero-order valence-corrected chi connectivity index (χ0v) is 13.9. The summed E-state index contributed by atoms with van der Waals surface area (Å²) in [5.74, 6) is 0. The fourth-order valence-electron chi connectivity index (χ4n) is 1.84. The van der Waals surface area contributed by atoms with Gasteiger partial charge in [-0.15, -0.1) is 11.3 Å². The van der Waals surface area contributed by atoms with E-state index in [1.807, 2.05) is 25.4 Å². The molecule has 2 aromatic rings. The summed E-state index contributed by atoms with van der Waals surface area (Å²) in [7, 11) is 1.87. The minimum Gasteiger partial charge on any atom is -0.388 e. The molecule has 0 aliphatic carbocycles. The van der Waals surface area contributed by atoms with Crippen LogP contribution in [0.25, 0.3) is 0 Å². The molecule has 3 nitrogen and oxygen atoms in total. The van der Waals surface area contributed by atoms with Gasteiger partial charge < -0.3 is 5.11 Å². The third-order valence-electron chi connectivity index (χ3n) is 2.86.